The summed E-state index contributed by atoms with van der Waals surface area (Å²) >= 11 is 0.624. The van der Waals surface area contributed by atoms with Crippen molar-refractivity contribution >= 4 is 18.9 Å². The van der Waals surface area contributed by atoms with Gasteiger partial charge in [-0.2, -0.15) is 0 Å². The fourth-order valence-electron chi connectivity index (χ4n) is 0. The number of hydrogen-bond acceptors (Lipinski definition) is 1. The van der Waals surface area contributed by atoms with Crippen molar-refractivity contribution in [2.75, 3.05) is 0 Å². The molecule has 32 valence electrons. The van der Waals surface area contributed by atoms with Crippen LogP contribution >= 0.6 is 0 Å². The summed E-state index contributed by atoms with van der Waals surface area (Å²) in [5.74, 6) is 0. The van der Waals surface area contributed by atoms with Gasteiger partial charge in [0.15, 0.2) is 0 Å². The Kier molecular flexibility index (Phi) is 36.1. The van der Waals surface area contributed by atoms with Crippen LogP contribution in [0.3, 0.4) is 0 Å². The molecule has 5 heteroatoms. The van der Waals surface area contributed by atoms with Gasteiger partial charge in [-0.05, 0) is 0 Å². The van der Waals surface area contributed by atoms with E-state index in [0.717, 1.165) is 0 Å². The van der Waals surface area contributed by atoms with E-state index in [1.165, 1.54) is 0 Å². The van der Waals surface area contributed by atoms with Crippen LogP contribution < -0.4 is 0 Å². The Morgan fingerprint density at radius 3 is 1.71 bits per heavy atom. The summed E-state index contributed by atoms with van der Waals surface area (Å²) < 4.78 is 19.1. The van der Waals surface area contributed by atoms with Gasteiger partial charge in [-0.25, -0.2) is 0 Å². The molecule has 0 aromatic rings. The number of halogens is 1. The van der Waals surface area contributed by atoms with E-state index in [4.69, 9.17) is 2.81 Å². The fourth-order valence-corrected chi connectivity index (χ4v) is 0. The van der Waals surface area contributed by atoms with Crippen LogP contribution in [0.15, 0.2) is 8.81 Å². The SMILES string of the molecule is C=[C](F)[La].[LiH].[O]=[Zr]. The van der Waals surface area contributed by atoms with Gasteiger partial charge in [-0.15, -0.1) is 0 Å². The molecule has 0 aromatic carbocycles. The zero-order chi connectivity index (χ0) is 5.58. The second-order valence-corrected chi connectivity index (χ2v) is 2.41. The first-order chi connectivity index (χ1) is 2.73. The van der Waals surface area contributed by atoms with Crippen molar-refractivity contribution in [3.05, 3.63) is 8.81 Å². The first-order valence-corrected chi connectivity index (χ1v) is 3.85. The molecule has 0 aliphatic rings. The molecule has 0 radical (unpaired) electrons. The second-order valence-electron chi connectivity index (χ2n) is 0.447. The molecule has 0 saturated carbocycles. The molecule has 0 heterocycles. The van der Waals surface area contributed by atoms with Crippen LogP contribution in [0.4, 0.5) is 4.39 Å². The van der Waals surface area contributed by atoms with Gasteiger partial charge in [0.1, 0.15) is 0 Å². The van der Waals surface area contributed by atoms with E-state index in [-0.39, 0.29) is 21.1 Å². The molecule has 0 unspecified atom stereocenters. The van der Waals surface area contributed by atoms with Gasteiger partial charge in [0.05, 0.1) is 0 Å². The maximum absolute atomic E-state index is 10.9. The minimum absolute atomic E-state index is 0. The molecule has 0 bridgehead atoms. The van der Waals surface area contributed by atoms with Crippen LogP contribution in [0.25, 0.3) is 0 Å². The molecule has 1 nitrogen and oxygen atoms in total. The van der Waals surface area contributed by atoms with Crippen LogP contribution in [0, 0.1) is 33.7 Å². The van der Waals surface area contributed by atoms with Crippen molar-refractivity contribution in [1.82, 2.24) is 0 Å². The van der Waals surface area contributed by atoms with E-state index in [2.05, 4.69) is 6.58 Å². The van der Waals surface area contributed by atoms with Crippen molar-refractivity contribution in [2.24, 2.45) is 0 Å². The van der Waals surface area contributed by atoms with Crippen LogP contribution in [0.1, 0.15) is 0 Å². The monoisotopic (exact) mass is 298 g/mol. The topological polar surface area (TPSA) is 17.1 Å². The quantitative estimate of drug-likeness (QED) is 0.584. The molecule has 0 rings (SSSR count). The fraction of sp³-hybridized carbons (Fsp3) is 0. The summed E-state index contributed by atoms with van der Waals surface area (Å²) in [4.78, 5) is 0. The number of hydrogen-bond donors (Lipinski definition) is 0. The van der Waals surface area contributed by atoms with Crippen LogP contribution in [-0.4, -0.2) is 18.9 Å². The van der Waals surface area contributed by atoms with Gasteiger partial charge < -0.3 is 0 Å². The van der Waals surface area contributed by atoms with Gasteiger partial charge in [-0.1, -0.05) is 0 Å². The second kappa shape index (κ2) is 15.7. The summed E-state index contributed by atoms with van der Waals surface area (Å²) in [5, 5.41) is 0. The summed E-state index contributed by atoms with van der Waals surface area (Å²) in [6.07, 6.45) is 0. The van der Waals surface area contributed by atoms with Gasteiger partial charge in [0.25, 0.3) is 0 Å². The predicted molar refractivity (Wildman–Crippen MR) is 18.1 cm³/mol. The van der Waals surface area contributed by atoms with Crippen LogP contribution in [0.2, 0.25) is 0 Å². The average Bonchev–Trinajstić information content (AvgIpc) is 1.41. The van der Waals surface area contributed by atoms with Crippen LogP contribution in [-0.2, 0) is 27.5 Å². The van der Waals surface area contributed by atoms with E-state index in [1.807, 2.05) is 0 Å². The van der Waals surface area contributed by atoms with Gasteiger partial charge in [-0.3, -0.25) is 0 Å². The van der Waals surface area contributed by atoms with Crippen molar-refractivity contribution < 1.29 is 65.7 Å². The first-order valence-electron chi connectivity index (χ1n) is 1.04. The van der Waals surface area contributed by atoms with Gasteiger partial charge in [0.2, 0.25) is 0 Å². The van der Waals surface area contributed by atoms with Crippen molar-refractivity contribution in [2.45, 2.75) is 0 Å². The third-order valence-electron chi connectivity index (χ3n) is 0. The molecule has 0 aromatic heterocycles. The van der Waals surface area contributed by atoms with Gasteiger partial charge >= 0.3 is 93.3 Å². The van der Waals surface area contributed by atoms with E-state index in [9.17, 15) is 4.39 Å². The summed E-state index contributed by atoms with van der Waals surface area (Å²) in [6.45, 7) is 2.96. The Hall–Kier alpha value is 2.15. The zero-order valence-electron chi connectivity index (χ0n) is 3.07. The molecule has 0 spiro atoms. The van der Waals surface area contributed by atoms with E-state index < -0.39 is 0 Å². The van der Waals surface area contributed by atoms with E-state index in [1.54, 1.807) is 0 Å². The van der Waals surface area contributed by atoms with Crippen LogP contribution in [0.5, 0.6) is 0 Å². The minimum atomic E-state index is -0.167. The Morgan fingerprint density at radius 1 is 1.71 bits per heavy atom. The zero-order valence-corrected chi connectivity index (χ0v) is 9.15. The first kappa shape index (κ1) is 16.1. The van der Waals surface area contributed by atoms with E-state index in [0.29, 0.717) is 58.5 Å². The normalized spacial score (nSPS) is 3.86. The summed E-state index contributed by atoms with van der Waals surface area (Å²) in [6, 6.07) is 0. The Bertz CT molecular complexity index is 49.0. The Morgan fingerprint density at radius 2 is 1.71 bits per heavy atom. The molecular formula is C2H3FLaLiOZr. The molecule has 0 aliphatic heterocycles. The molecule has 0 amide bonds. The van der Waals surface area contributed by atoms with E-state index >= 15 is 0 Å². The van der Waals surface area contributed by atoms with Crippen molar-refractivity contribution in [3.8, 4) is 0 Å². The molecular weight excluding hydrogens is 296 g/mol. The molecule has 0 saturated heterocycles. The third kappa shape index (κ3) is 66.8. The Balaban J connectivity index is -0.0000000480. The average molecular weight is 299 g/mol. The third-order valence-corrected chi connectivity index (χ3v) is 0. The molecule has 0 N–H and O–H groups in total. The van der Waals surface area contributed by atoms with Gasteiger partial charge in [0, 0.05) is 0 Å². The number of rotatable bonds is 0. The van der Waals surface area contributed by atoms with Crippen molar-refractivity contribution in [3.63, 3.8) is 0 Å². The molecule has 0 aliphatic carbocycles. The molecule has 0 atom stereocenters. The Labute approximate surface area is 91.6 Å². The maximum atomic E-state index is 10.9. The summed E-state index contributed by atoms with van der Waals surface area (Å²) in [7, 11) is 0. The molecule has 0 fully saturated rings. The molecule has 7 heavy (non-hydrogen) atoms. The standard InChI is InChI=1S/C2H2F.La.Li.O.Zr.H/c1-2-3;;;;;/h1H2;;;;;. The predicted octanol–water partition coefficient (Wildman–Crippen LogP) is 0.207. The summed E-state index contributed by atoms with van der Waals surface area (Å²) in [5.41, 5.74) is 0. The van der Waals surface area contributed by atoms with Crippen molar-refractivity contribution in [1.29, 1.82) is 0 Å².